The lowest BCUT2D eigenvalue weighted by atomic mass is 9.84. The Kier molecular flexibility index (Phi) is 8.95. The number of carbonyl (C=O) groups excluding carboxylic acids is 1. The molecule has 0 unspecified atom stereocenters. The average Bonchev–Trinajstić information content (AvgIpc) is 2.59. The van der Waals surface area contributed by atoms with E-state index < -0.39 is 31.5 Å². The fourth-order valence-corrected chi connectivity index (χ4v) is 4.59. The van der Waals surface area contributed by atoms with E-state index in [1.807, 2.05) is 0 Å². The van der Waals surface area contributed by atoms with Crippen LogP contribution in [0.25, 0.3) is 0 Å². The molecule has 0 spiro atoms. The molecule has 0 saturated carbocycles. The number of carboxylic acid groups (broad SMARTS) is 1. The van der Waals surface area contributed by atoms with Crippen LogP contribution in [0.2, 0.25) is 13.1 Å². The molecule has 1 aromatic carbocycles. The van der Waals surface area contributed by atoms with Crippen molar-refractivity contribution in [1.29, 1.82) is 0 Å². The topological polar surface area (TPSA) is 117 Å². The van der Waals surface area contributed by atoms with E-state index in [1.54, 1.807) is 23.6 Å². The van der Waals surface area contributed by atoms with Gasteiger partial charge in [0, 0.05) is 11.0 Å². The third-order valence-electron chi connectivity index (χ3n) is 3.80. The molecule has 8 nitrogen and oxygen atoms in total. The zero-order valence-electron chi connectivity index (χ0n) is 15.7. The van der Waals surface area contributed by atoms with Gasteiger partial charge in [0.2, 0.25) is 0 Å². The monoisotopic (exact) mass is 400 g/mol. The zero-order chi connectivity index (χ0) is 19.7. The van der Waals surface area contributed by atoms with Crippen LogP contribution in [0.15, 0.2) is 18.2 Å². The number of hydrazine groups is 1. The Balaban J connectivity index is 2.97. The molecule has 0 aromatic heterocycles. The number of nitrogens with one attached hydrogen (secondary N) is 2. The highest BCUT2D eigenvalue weighted by Gasteiger charge is 2.30. The van der Waals surface area contributed by atoms with Gasteiger partial charge >= 0.3 is 6.09 Å². The number of aliphatic hydroxyl groups excluding tert-OH is 1. The summed E-state index contributed by atoms with van der Waals surface area (Å²) in [6.07, 6.45) is -0.966. The van der Waals surface area contributed by atoms with Crippen LogP contribution in [-0.2, 0) is 21.9 Å². The summed E-state index contributed by atoms with van der Waals surface area (Å²) in [6, 6.07) is 5.12. The molecule has 4 N–H and O–H groups in total. The van der Waals surface area contributed by atoms with Crippen LogP contribution in [0.4, 0.5) is 4.79 Å². The third-order valence-corrected chi connectivity index (χ3v) is 5.07. The molecular weight excluding hydrogens is 372 g/mol. The first kappa shape index (κ1) is 22.3. The summed E-state index contributed by atoms with van der Waals surface area (Å²) in [5, 5.41) is 18.1. The Morgan fingerprint density at radius 3 is 2.31 bits per heavy atom. The second-order valence-electron chi connectivity index (χ2n) is 6.44. The lowest BCUT2D eigenvalue weighted by Crippen LogP contribution is -2.41. The lowest BCUT2D eigenvalue weighted by molar-refractivity contribution is -0.0783. The quantitative estimate of drug-likeness (QED) is 0.269. The number of carbonyl (C=O) groups is 2. The van der Waals surface area contributed by atoms with Crippen molar-refractivity contribution in [2.45, 2.75) is 46.3 Å². The fourth-order valence-electron chi connectivity index (χ4n) is 2.70. The van der Waals surface area contributed by atoms with Crippen molar-refractivity contribution in [3.05, 3.63) is 34.9 Å². The second-order valence-corrected chi connectivity index (χ2v) is 8.26. The van der Waals surface area contributed by atoms with Gasteiger partial charge in [-0.05, 0) is 23.6 Å². The van der Waals surface area contributed by atoms with E-state index in [2.05, 4.69) is 32.4 Å². The van der Waals surface area contributed by atoms with Crippen LogP contribution in [-0.4, -0.2) is 48.0 Å². The first-order chi connectivity index (χ1) is 12.2. The van der Waals surface area contributed by atoms with E-state index in [1.165, 1.54) is 0 Å². The molecule has 0 saturated heterocycles. The van der Waals surface area contributed by atoms with E-state index in [9.17, 15) is 14.7 Å². The summed E-state index contributed by atoms with van der Waals surface area (Å²) in [6.45, 7) is 7.94. The third kappa shape index (κ3) is 6.54. The van der Waals surface area contributed by atoms with Crippen LogP contribution < -0.4 is 10.9 Å². The van der Waals surface area contributed by atoms with Gasteiger partial charge in [0.25, 0.3) is 5.91 Å². The Morgan fingerprint density at radius 1 is 1.19 bits per heavy atom. The van der Waals surface area contributed by atoms with Crippen molar-refractivity contribution < 1.29 is 28.7 Å². The molecule has 0 aliphatic rings. The summed E-state index contributed by atoms with van der Waals surface area (Å²) in [7, 11) is -1.23. The first-order valence-corrected chi connectivity index (χ1v) is 12.5. The molecule has 0 radical (unpaired) electrons. The Morgan fingerprint density at radius 2 is 1.81 bits per heavy atom. The summed E-state index contributed by atoms with van der Waals surface area (Å²) in [4.78, 5) is 22.5. The highest BCUT2D eigenvalue weighted by atomic mass is 28.2. The Hall–Kier alpha value is -1.73. The number of amides is 2. The van der Waals surface area contributed by atoms with Gasteiger partial charge in [-0.1, -0.05) is 39.1 Å². The minimum Gasteiger partial charge on any atom is -0.464 e. The van der Waals surface area contributed by atoms with Crippen LogP contribution in [0.3, 0.4) is 0 Å². The van der Waals surface area contributed by atoms with E-state index in [0.717, 1.165) is 5.56 Å². The Bertz CT molecular complexity index is 621. The van der Waals surface area contributed by atoms with E-state index in [4.69, 9.17) is 14.0 Å². The summed E-state index contributed by atoms with van der Waals surface area (Å²) in [5.74, 6) is -0.624. The van der Waals surface area contributed by atoms with Gasteiger partial charge in [-0.3, -0.25) is 10.2 Å². The maximum atomic E-state index is 12.0. The highest BCUT2D eigenvalue weighted by Crippen LogP contribution is 2.29. The van der Waals surface area contributed by atoms with E-state index in [0.29, 0.717) is 12.0 Å². The van der Waals surface area contributed by atoms with Crippen molar-refractivity contribution in [3.8, 4) is 0 Å². The number of rotatable bonds is 9. The minimum atomic E-state index is -1.37. The molecule has 1 aromatic rings. The summed E-state index contributed by atoms with van der Waals surface area (Å²) in [5.41, 5.74) is 5.19. The SMILES string of the molecule is C[SiH2]OC(O[SiH2]C)C(C)(C)Cc1ccc(C(=O)NNC(=O)O)c(CO)c1. The highest BCUT2D eigenvalue weighted by molar-refractivity contribution is 6.26. The van der Waals surface area contributed by atoms with Crippen molar-refractivity contribution in [3.63, 3.8) is 0 Å². The molecule has 0 aliphatic heterocycles. The molecule has 0 atom stereocenters. The van der Waals surface area contributed by atoms with Gasteiger partial charge in [-0.25, -0.2) is 10.2 Å². The van der Waals surface area contributed by atoms with E-state index >= 15 is 0 Å². The van der Waals surface area contributed by atoms with Gasteiger partial charge in [-0.2, -0.15) is 0 Å². The Labute approximate surface area is 158 Å². The lowest BCUT2D eigenvalue weighted by Gasteiger charge is -2.34. The molecule has 10 heteroatoms. The standard InChI is InChI=1S/C16H28N2O6Si2/c1-16(2,14(23-25-3)24-26-4)8-10-5-6-12(11(7-10)9-19)13(20)17-18-15(21)22/h5-7,14,18-19H,8-9,25-26H2,1-4H3,(H,17,20)(H,21,22). The molecule has 0 aliphatic carbocycles. The van der Waals surface area contributed by atoms with Gasteiger partial charge < -0.3 is 19.1 Å². The molecule has 0 heterocycles. The molecule has 0 fully saturated rings. The van der Waals surface area contributed by atoms with E-state index in [-0.39, 0.29) is 23.9 Å². The van der Waals surface area contributed by atoms with Gasteiger partial charge in [-0.15, -0.1) is 0 Å². The smallest absolute Gasteiger partial charge is 0.423 e. The number of hydrogen-bond donors (Lipinski definition) is 4. The minimum absolute atomic E-state index is 0.216. The zero-order valence-corrected chi connectivity index (χ0v) is 18.5. The molecule has 2 amide bonds. The van der Waals surface area contributed by atoms with Crippen molar-refractivity contribution in [1.82, 2.24) is 10.9 Å². The largest absolute Gasteiger partial charge is 0.464 e. The van der Waals surface area contributed by atoms with Crippen molar-refractivity contribution >= 4 is 31.5 Å². The van der Waals surface area contributed by atoms with Crippen LogP contribution in [0, 0.1) is 5.41 Å². The van der Waals surface area contributed by atoms with Gasteiger partial charge in [0.05, 0.1) is 6.61 Å². The fraction of sp³-hybridized carbons (Fsp3) is 0.500. The van der Waals surface area contributed by atoms with Gasteiger partial charge in [0.15, 0.2) is 19.5 Å². The van der Waals surface area contributed by atoms with Crippen molar-refractivity contribution in [2.24, 2.45) is 5.41 Å². The molecule has 146 valence electrons. The predicted molar refractivity (Wildman–Crippen MR) is 103 cm³/mol. The van der Waals surface area contributed by atoms with Crippen LogP contribution >= 0.6 is 0 Å². The number of benzene rings is 1. The average molecular weight is 401 g/mol. The maximum absolute atomic E-state index is 12.0. The van der Waals surface area contributed by atoms with Crippen LogP contribution in [0.5, 0.6) is 0 Å². The molecule has 26 heavy (non-hydrogen) atoms. The first-order valence-electron chi connectivity index (χ1n) is 8.50. The summed E-state index contributed by atoms with van der Waals surface area (Å²) >= 11 is 0. The van der Waals surface area contributed by atoms with Gasteiger partial charge in [0.1, 0.15) is 6.29 Å². The number of aliphatic hydroxyl groups is 1. The molecule has 1 rings (SSSR count). The molecular formula is C16H28N2O6Si2. The maximum Gasteiger partial charge on any atom is 0.423 e. The van der Waals surface area contributed by atoms with Crippen molar-refractivity contribution in [2.75, 3.05) is 0 Å². The molecule has 0 bridgehead atoms. The second kappa shape index (κ2) is 10.4. The summed E-state index contributed by atoms with van der Waals surface area (Å²) < 4.78 is 11.7. The predicted octanol–water partition coefficient (Wildman–Crippen LogP) is 0.283. The van der Waals surface area contributed by atoms with Crippen LogP contribution in [0.1, 0.15) is 35.3 Å². The number of hydrogen-bond acceptors (Lipinski definition) is 5. The normalized spacial score (nSPS) is 13.4.